The molecule has 2 aromatic rings. The summed E-state index contributed by atoms with van der Waals surface area (Å²) in [7, 11) is 0. The zero-order valence-corrected chi connectivity index (χ0v) is 12.5. The van der Waals surface area contributed by atoms with E-state index in [1.165, 1.54) is 12.1 Å². The van der Waals surface area contributed by atoms with Crippen molar-refractivity contribution < 1.29 is 19.2 Å². The van der Waals surface area contributed by atoms with Gasteiger partial charge in [0.25, 0.3) is 5.91 Å². The van der Waals surface area contributed by atoms with Gasteiger partial charge >= 0.3 is 11.0 Å². The molecular weight excluding hydrogens is 332 g/mol. The van der Waals surface area contributed by atoms with Gasteiger partial charge < -0.3 is 10.1 Å². The second-order valence-electron chi connectivity index (χ2n) is 4.03. The molecule has 0 unspecified atom stereocenters. The van der Waals surface area contributed by atoms with Gasteiger partial charge in [-0.1, -0.05) is 22.9 Å². The number of carbonyl (C=O) groups excluding carboxylic acids is 2. The van der Waals surface area contributed by atoms with E-state index < -0.39 is 23.4 Å². The lowest BCUT2D eigenvalue weighted by Crippen LogP contribution is -2.20. The number of amides is 1. The Morgan fingerprint density at radius 1 is 1.23 bits per heavy atom. The Hall–Kier alpha value is -2.45. The second kappa shape index (κ2) is 7.01. The molecule has 22 heavy (non-hydrogen) atoms. The van der Waals surface area contributed by atoms with Crippen LogP contribution in [0.3, 0.4) is 0 Å². The Bertz CT molecular complexity index is 713. The number of carbonyl (C=O) groups is 2. The van der Waals surface area contributed by atoms with Crippen LogP contribution in [0.15, 0.2) is 36.4 Å². The summed E-state index contributed by atoms with van der Waals surface area (Å²) in [6.07, 6.45) is 0. The third-order valence-corrected chi connectivity index (χ3v) is 3.70. The van der Waals surface area contributed by atoms with E-state index in [4.69, 9.17) is 16.3 Å². The Kier molecular flexibility index (Phi) is 5.08. The number of ether oxygens (including phenoxy) is 1. The molecule has 0 radical (unpaired) electrons. The number of nitro groups is 1. The Morgan fingerprint density at radius 2 is 1.91 bits per heavy atom. The monoisotopic (exact) mass is 340 g/mol. The predicted molar refractivity (Wildman–Crippen MR) is 81.3 cm³/mol. The molecule has 0 bridgehead atoms. The van der Waals surface area contributed by atoms with Gasteiger partial charge in [0, 0.05) is 16.8 Å². The highest BCUT2D eigenvalue weighted by atomic mass is 35.5. The summed E-state index contributed by atoms with van der Waals surface area (Å²) in [5.74, 6) is -1.31. The van der Waals surface area contributed by atoms with Gasteiger partial charge in [-0.05, 0) is 30.3 Å². The number of halogens is 1. The zero-order valence-electron chi connectivity index (χ0n) is 10.9. The summed E-state index contributed by atoms with van der Waals surface area (Å²) >= 11 is 6.40. The minimum atomic E-state index is -0.788. The molecule has 0 saturated carbocycles. The average molecular weight is 341 g/mol. The lowest BCUT2D eigenvalue weighted by Gasteiger charge is -2.05. The van der Waals surface area contributed by atoms with Crippen molar-refractivity contribution in [2.75, 3.05) is 11.9 Å². The van der Waals surface area contributed by atoms with Crippen molar-refractivity contribution in [2.24, 2.45) is 0 Å². The first-order chi connectivity index (χ1) is 10.5. The number of rotatable bonds is 5. The van der Waals surface area contributed by atoms with Crippen molar-refractivity contribution in [3.8, 4) is 0 Å². The highest BCUT2D eigenvalue weighted by molar-refractivity contribution is 7.17. The van der Waals surface area contributed by atoms with Crippen LogP contribution >= 0.6 is 22.9 Å². The summed E-state index contributed by atoms with van der Waals surface area (Å²) in [6.45, 7) is -0.493. The Balaban J connectivity index is 1.86. The molecule has 0 aliphatic rings. The fourth-order valence-electron chi connectivity index (χ4n) is 1.47. The van der Waals surface area contributed by atoms with Crippen LogP contribution in [0.5, 0.6) is 0 Å². The first-order valence-corrected chi connectivity index (χ1v) is 7.12. The van der Waals surface area contributed by atoms with Crippen LogP contribution in [0, 0.1) is 10.1 Å². The van der Waals surface area contributed by atoms with Gasteiger partial charge in [0.2, 0.25) is 0 Å². The van der Waals surface area contributed by atoms with Gasteiger partial charge in [-0.3, -0.25) is 14.9 Å². The molecule has 1 amide bonds. The predicted octanol–water partition coefficient (Wildman–Crippen LogP) is 3.11. The van der Waals surface area contributed by atoms with E-state index in [9.17, 15) is 19.7 Å². The number of benzene rings is 1. The van der Waals surface area contributed by atoms with Crippen LogP contribution < -0.4 is 5.32 Å². The van der Waals surface area contributed by atoms with E-state index in [-0.39, 0.29) is 9.88 Å². The molecule has 0 saturated heterocycles. The number of anilines is 1. The molecule has 0 fully saturated rings. The molecule has 7 nitrogen and oxygen atoms in total. The van der Waals surface area contributed by atoms with Crippen LogP contribution in [0.4, 0.5) is 10.7 Å². The summed E-state index contributed by atoms with van der Waals surface area (Å²) in [4.78, 5) is 33.2. The van der Waals surface area contributed by atoms with Gasteiger partial charge in [-0.15, -0.1) is 0 Å². The van der Waals surface area contributed by atoms with Crippen molar-refractivity contribution in [2.45, 2.75) is 0 Å². The molecule has 114 valence electrons. The van der Waals surface area contributed by atoms with E-state index in [0.717, 1.165) is 0 Å². The lowest BCUT2D eigenvalue weighted by molar-refractivity contribution is -0.380. The van der Waals surface area contributed by atoms with Crippen LogP contribution in [-0.4, -0.2) is 23.4 Å². The smallest absolute Gasteiger partial charge is 0.349 e. The Morgan fingerprint density at radius 3 is 2.50 bits per heavy atom. The van der Waals surface area contributed by atoms with Gasteiger partial charge in [0.1, 0.15) is 4.88 Å². The molecule has 1 N–H and O–H groups in total. The molecule has 0 atom stereocenters. The van der Waals surface area contributed by atoms with Crippen LogP contribution in [0.2, 0.25) is 5.02 Å². The molecular formula is C13H9ClN2O5S. The molecule has 0 spiro atoms. The Labute approximate surface area is 133 Å². The van der Waals surface area contributed by atoms with E-state index >= 15 is 0 Å². The normalized spacial score (nSPS) is 10.0. The molecule has 9 heteroatoms. The fraction of sp³-hybridized carbons (Fsp3) is 0.0769. The van der Waals surface area contributed by atoms with Gasteiger partial charge in [0.05, 0.1) is 4.92 Å². The number of thiophene rings is 1. The summed E-state index contributed by atoms with van der Waals surface area (Å²) < 4.78 is 4.79. The van der Waals surface area contributed by atoms with Crippen molar-refractivity contribution in [1.82, 2.24) is 0 Å². The quantitative estimate of drug-likeness (QED) is 0.512. The van der Waals surface area contributed by atoms with Crippen molar-refractivity contribution in [3.63, 3.8) is 0 Å². The fourth-order valence-corrected chi connectivity index (χ4v) is 2.31. The summed E-state index contributed by atoms with van der Waals surface area (Å²) in [6, 6.07) is 8.90. The van der Waals surface area contributed by atoms with E-state index in [1.807, 2.05) is 0 Å². The van der Waals surface area contributed by atoms with Gasteiger partial charge in [0.15, 0.2) is 6.61 Å². The van der Waals surface area contributed by atoms with Gasteiger partial charge in [-0.2, -0.15) is 0 Å². The molecule has 2 rings (SSSR count). The lowest BCUT2D eigenvalue weighted by atomic mass is 10.3. The van der Waals surface area contributed by atoms with Crippen molar-refractivity contribution in [3.05, 3.63) is 56.4 Å². The minimum Gasteiger partial charge on any atom is -0.451 e. The standard InChI is InChI=1S/C13H9ClN2O5S/c14-8-1-3-9(4-2-8)15-11(17)7-21-13(18)10-5-6-12(22-10)16(19)20/h1-6H,7H2,(H,15,17). The number of esters is 1. The van der Waals surface area contributed by atoms with E-state index in [2.05, 4.69) is 5.32 Å². The number of nitrogens with zero attached hydrogens (tertiary/aromatic N) is 1. The first kappa shape index (κ1) is 15.9. The number of nitrogens with one attached hydrogen (secondary N) is 1. The third-order valence-electron chi connectivity index (χ3n) is 2.44. The largest absolute Gasteiger partial charge is 0.451 e. The highest BCUT2D eigenvalue weighted by Crippen LogP contribution is 2.24. The van der Waals surface area contributed by atoms with E-state index in [0.29, 0.717) is 22.0 Å². The van der Waals surface area contributed by atoms with Crippen molar-refractivity contribution in [1.29, 1.82) is 0 Å². The first-order valence-electron chi connectivity index (χ1n) is 5.92. The molecule has 1 aromatic heterocycles. The topological polar surface area (TPSA) is 98.5 Å². The van der Waals surface area contributed by atoms with Crippen LogP contribution in [0.25, 0.3) is 0 Å². The molecule has 1 aromatic carbocycles. The molecule has 0 aliphatic carbocycles. The molecule has 1 heterocycles. The maximum Gasteiger partial charge on any atom is 0.349 e. The summed E-state index contributed by atoms with van der Waals surface area (Å²) in [5, 5.41) is 13.4. The molecule has 0 aliphatic heterocycles. The zero-order chi connectivity index (χ0) is 16.1. The maximum absolute atomic E-state index is 11.7. The van der Waals surface area contributed by atoms with E-state index in [1.54, 1.807) is 24.3 Å². The minimum absolute atomic E-state index is 0.0611. The third kappa shape index (κ3) is 4.27. The van der Waals surface area contributed by atoms with Crippen LogP contribution in [0.1, 0.15) is 9.67 Å². The number of hydrogen-bond donors (Lipinski definition) is 1. The average Bonchev–Trinajstić information content (AvgIpc) is 2.97. The van der Waals surface area contributed by atoms with Crippen molar-refractivity contribution >= 4 is 45.5 Å². The highest BCUT2D eigenvalue weighted by Gasteiger charge is 2.17. The SMILES string of the molecule is O=C(COC(=O)c1ccc([N+](=O)[O-])s1)Nc1ccc(Cl)cc1. The summed E-state index contributed by atoms with van der Waals surface area (Å²) in [5.41, 5.74) is 0.511. The maximum atomic E-state index is 11.7. The number of hydrogen-bond acceptors (Lipinski definition) is 6. The second-order valence-corrected chi connectivity index (χ2v) is 5.52. The van der Waals surface area contributed by atoms with Gasteiger partial charge in [-0.25, -0.2) is 4.79 Å². The van der Waals surface area contributed by atoms with Crippen LogP contribution in [-0.2, 0) is 9.53 Å².